The lowest BCUT2D eigenvalue weighted by Crippen LogP contribution is -2.13. The minimum absolute atomic E-state index is 0.138. The molecule has 0 aliphatic heterocycles. The molecule has 0 saturated heterocycles. The van der Waals surface area contributed by atoms with Gasteiger partial charge in [-0.15, -0.1) is 5.10 Å². The number of hydrogen-bond donors (Lipinski definition) is 1. The van der Waals surface area contributed by atoms with Crippen molar-refractivity contribution in [3.05, 3.63) is 36.2 Å². The Morgan fingerprint density at radius 2 is 1.89 bits per heavy atom. The number of sulfonamides is 1. The molecule has 8 heteroatoms. The highest BCUT2D eigenvalue weighted by molar-refractivity contribution is 7.92. The van der Waals surface area contributed by atoms with Crippen molar-refractivity contribution in [1.82, 2.24) is 15.1 Å². The predicted molar refractivity (Wildman–Crippen MR) is 68.9 cm³/mol. The first-order chi connectivity index (χ1) is 8.97. The maximum Gasteiger partial charge on any atom is 0.329 e. The molecule has 1 aromatic carbocycles. The molecule has 0 saturated carbocycles. The van der Waals surface area contributed by atoms with Crippen LogP contribution in [-0.2, 0) is 16.6 Å². The topological polar surface area (TPSA) is 88.3 Å². The SMILES string of the molecule is CN(C)Cc1nnc(NS(=O)(=O)c2ccccc2)o1. The number of aromatic nitrogens is 2. The van der Waals surface area contributed by atoms with Crippen molar-refractivity contribution < 1.29 is 12.8 Å². The van der Waals surface area contributed by atoms with Gasteiger partial charge >= 0.3 is 6.01 Å². The van der Waals surface area contributed by atoms with Crippen LogP contribution in [-0.4, -0.2) is 37.6 Å². The third-order valence-corrected chi connectivity index (χ3v) is 3.53. The number of anilines is 1. The minimum atomic E-state index is -3.69. The van der Waals surface area contributed by atoms with Gasteiger partial charge in [0, 0.05) is 0 Å². The van der Waals surface area contributed by atoms with Gasteiger partial charge < -0.3 is 9.32 Å². The fraction of sp³-hybridized carbons (Fsp3) is 0.273. The van der Waals surface area contributed by atoms with Crippen LogP contribution in [0.2, 0.25) is 0 Å². The number of hydrogen-bond acceptors (Lipinski definition) is 6. The molecule has 102 valence electrons. The van der Waals surface area contributed by atoms with E-state index in [-0.39, 0.29) is 10.9 Å². The van der Waals surface area contributed by atoms with Crippen LogP contribution in [0.3, 0.4) is 0 Å². The molecular formula is C11H14N4O3S. The van der Waals surface area contributed by atoms with Crippen LogP contribution >= 0.6 is 0 Å². The first-order valence-corrected chi connectivity index (χ1v) is 7.01. The van der Waals surface area contributed by atoms with Crippen LogP contribution in [0.25, 0.3) is 0 Å². The Kier molecular flexibility index (Phi) is 3.82. The summed E-state index contributed by atoms with van der Waals surface area (Å²) in [7, 11) is 0.00218. The summed E-state index contributed by atoms with van der Waals surface area (Å²) in [5, 5.41) is 7.40. The summed E-state index contributed by atoms with van der Waals surface area (Å²) < 4.78 is 31.4. The summed E-state index contributed by atoms with van der Waals surface area (Å²) in [6, 6.07) is 7.85. The van der Waals surface area contributed by atoms with Gasteiger partial charge in [0.1, 0.15) is 0 Å². The average molecular weight is 282 g/mol. The Balaban J connectivity index is 2.15. The number of rotatable bonds is 5. The van der Waals surface area contributed by atoms with Gasteiger partial charge in [0.25, 0.3) is 10.0 Å². The maximum atomic E-state index is 12.0. The Morgan fingerprint density at radius 1 is 1.21 bits per heavy atom. The van der Waals surface area contributed by atoms with Gasteiger partial charge in [-0.05, 0) is 26.2 Å². The zero-order valence-electron chi connectivity index (χ0n) is 10.6. The van der Waals surface area contributed by atoms with Gasteiger partial charge in [0.15, 0.2) is 0 Å². The quantitative estimate of drug-likeness (QED) is 0.877. The van der Waals surface area contributed by atoms with Gasteiger partial charge in [-0.3, -0.25) is 0 Å². The van der Waals surface area contributed by atoms with E-state index in [1.165, 1.54) is 12.1 Å². The molecule has 0 spiro atoms. The third kappa shape index (κ3) is 3.52. The first-order valence-electron chi connectivity index (χ1n) is 5.52. The first kappa shape index (κ1) is 13.5. The van der Waals surface area contributed by atoms with Crippen molar-refractivity contribution in [2.75, 3.05) is 18.8 Å². The fourth-order valence-corrected chi connectivity index (χ4v) is 2.35. The second-order valence-corrected chi connectivity index (χ2v) is 5.84. The predicted octanol–water partition coefficient (Wildman–Crippen LogP) is 0.932. The van der Waals surface area contributed by atoms with Crippen LogP contribution < -0.4 is 4.72 Å². The van der Waals surface area contributed by atoms with E-state index < -0.39 is 10.0 Å². The number of benzene rings is 1. The van der Waals surface area contributed by atoms with E-state index in [0.717, 1.165) is 0 Å². The van der Waals surface area contributed by atoms with E-state index in [9.17, 15) is 8.42 Å². The average Bonchev–Trinajstić information content (AvgIpc) is 2.76. The monoisotopic (exact) mass is 282 g/mol. The van der Waals surface area contributed by atoms with Crippen LogP contribution in [0.15, 0.2) is 39.6 Å². The molecule has 0 aliphatic carbocycles. The molecule has 0 fully saturated rings. The molecule has 0 radical (unpaired) electrons. The molecule has 1 heterocycles. The second kappa shape index (κ2) is 5.37. The van der Waals surface area contributed by atoms with Crippen LogP contribution in [0.1, 0.15) is 5.89 Å². The molecule has 0 unspecified atom stereocenters. The zero-order valence-corrected chi connectivity index (χ0v) is 11.4. The van der Waals surface area contributed by atoms with E-state index in [0.29, 0.717) is 12.4 Å². The van der Waals surface area contributed by atoms with Crippen molar-refractivity contribution in [3.8, 4) is 0 Å². The number of nitrogens with one attached hydrogen (secondary N) is 1. The second-order valence-electron chi connectivity index (χ2n) is 4.16. The highest BCUT2D eigenvalue weighted by atomic mass is 32.2. The lowest BCUT2D eigenvalue weighted by Gasteiger charge is -2.04. The lowest BCUT2D eigenvalue weighted by molar-refractivity contribution is 0.345. The largest absolute Gasteiger partial charge is 0.406 e. The van der Waals surface area contributed by atoms with E-state index >= 15 is 0 Å². The summed E-state index contributed by atoms with van der Waals surface area (Å²) in [6.45, 7) is 0.445. The zero-order chi connectivity index (χ0) is 13.9. The highest BCUT2D eigenvalue weighted by Gasteiger charge is 2.17. The summed E-state index contributed by atoms with van der Waals surface area (Å²) in [5.74, 6) is 0.343. The normalized spacial score (nSPS) is 11.7. The summed E-state index contributed by atoms with van der Waals surface area (Å²) >= 11 is 0. The minimum Gasteiger partial charge on any atom is -0.406 e. The maximum absolute atomic E-state index is 12.0. The van der Waals surface area contributed by atoms with Crippen LogP contribution in [0.5, 0.6) is 0 Å². The fourth-order valence-electron chi connectivity index (χ4n) is 1.40. The summed E-state index contributed by atoms with van der Waals surface area (Å²) in [4.78, 5) is 1.98. The van der Waals surface area contributed by atoms with Crippen LogP contribution in [0.4, 0.5) is 6.01 Å². The molecule has 2 rings (SSSR count). The molecule has 0 bridgehead atoms. The molecular weight excluding hydrogens is 268 g/mol. The van der Waals surface area contributed by atoms with Gasteiger partial charge in [0.2, 0.25) is 5.89 Å². The van der Waals surface area contributed by atoms with Gasteiger partial charge in [-0.1, -0.05) is 23.3 Å². The van der Waals surface area contributed by atoms with Crippen molar-refractivity contribution >= 4 is 16.0 Å². The Bertz CT molecular complexity index is 637. The summed E-state index contributed by atoms with van der Waals surface area (Å²) in [6.07, 6.45) is 0. The molecule has 1 aromatic heterocycles. The Labute approximate surface area is 111 Å². The van der Waals surface area contributed by atoms with E-state index in [2.05, 4.69) is 14.9 Å². The van der Waals surface area contributed by atoms with Crippen molar-refractivity contribution in [2.24, 2.45) is 0 Å². The van der Waals surface area contributed by atoms with E-state index in [4.69, 9.17) is 4.42 Å². The van der Waals surface area contributed by atoms with Crippen molar-refractivity contribution in [1.29, 1.82) is 0 Å². The molecule has 2 aromatic rings. The van der Waals surface area contributed by atoms with Gasteiger partial charge in [-0.2, -0.15) is 0 Å². The van der Waals surface area contributed by atoms with E-state index in [1.54, 1.807) is 18.2 Å². The smallest absolute Gasteiger partial charge is 0.329 e. The Hall–Kier alpha value is -1.93. The highest BCUT2D eigenvalue weighted by Crippen LogP contribution is 2.14. The van der Waals surface area contributed by atoms with E-state index in [1.807, 2.05) is 19.0 Å². The summed E-state index contributed by atoms with van der Waals surface area (Å²) in [5.41, 5.74) is 0. The van der Waals surface area contributed by atoms with Crippen LogP contribution in [0, 0.1) is 0 Å². The molecule has 0 amide bonds. The van der Waals surface area contributed by atoms with Crippen molar-refractivity contribution in [2.45, 2.75) is 11.4 Å². The third-order valence-electron chi connectivity index (χ3n) is 2.19. The standard InChI is InChI=1S/C11H14N4O3S/c1-15(2)8-10-12-13-11(18-10)14-19(16,17)9-6-4-3-5-7-9/h3-7H,8H2,1-2H3,(H,13,14). The Morgan fingerprint density at radius 3 is 2.53 bits per heavy atom. The van der Waals surface area contributed by atoms with Gasteiger partial charge in [0.05, 0.1) is 11.4 Å². The lowest BCUT2D eigenvalue weighted by atomic mass is 10.4. The molecule has 0 atom stereocenters. The molecule has 0 aliphatic rings. The number of nitrogens with zero attached hydrogens (tertiary/aromatic N) is 3. The van der Waals surface area contributed by atoms with Crippen molar-refractivity contribution in [3.63, 3.8) is 0 Å². The molecule has 7 nitrogen and oxygen atoms in total. The van der Waals surface area contributed by atoms with Gasteiger partial charge in [-0.25, -0.2) is 13.1 Å². The molecule has 1 N–H and O–H groups in total. The molecule has 19 heavy (non-hydrogen) atoms.